The van der Waals surface area contributed by atoms with Gasteiger partial charge in [0.1, 0.15) is 17.1 Å². The molecule has 112 valence electrons. The monoisotopic (exact) mass is 298 g/mol. The normalized spacial score (nSPS) is 11.8. The van der Waals surface area contributed by atoms with Crippen molar-refractivity contribution in [3.05, 3.63) is 22.9 Å². The number of aromatic nitrogens is 1. The highest BCUT2D eigenvalue weighted by Crippen LogP contribution is 2.37. The number of hydrogen-bond donors (Lipinski definition) is 1. The second kappa shape index (κ2) is 6.02. The Kier molecular flexibility index (Phi) is 4.85. The van der Waals surface area contributed by atoms with Crippen LogP contribution in [0.15, 0.2) is 6.07 Å². The van der Waals surface area contributed by atoms with E-state index in [1.807, 2.05) is 0 Å². The molecule has 0 atom stereocenters. The Morgan fingerprint density at radius 2 is 2.05 bits per heavy atom. The molecule has 0 aromatic carbocycles. The summed E-state index contributed by atoms with van der Waals surface area (Å²) in [7, 11) is 0. The summed E-state index contributed by atoms with van der Waals surface area (Å²) in [5.41, 5.74) is 2.08. The number of carbonyl (C=O) groups excluding carboxylic acids is 1. The van der Waals surface area contributed by atoms with E-state index in [4.69, 9.17) is 5.73 Å². The Hall–Kier alpha value is -1.93. The minimum Gasteiger partial charge on any atom is -0.466 e. The molecule has 0 spiro atoms. The Labute approximate surface area is 110 Å². The van der Waals surface area contributed by atoms with E-state index in [1.54, 1.807) is 0 Å². The molecule has 0 saturated heterocycles. The molecule has 0 amide bonds. The van der Waals surface area contributed by atoms with Crippen LogP contribution in [0.1, 0.15) is 30.2 Å². The molecule has 9 heteroatoms. The Bertz CT molecular complexity index is 502. The van der Waals surface area contributed by atoms with Crippen LogP contribution in [0.3, 0.4) is 0 Å². The summed E-state index contributed by atoms with van der Waals surface area (Å²) in [4.78, 5) is 14.3. The van der Waals surface area contributed by atoms with E-state index in [9.17, 15) is 26.7 Å². The quantitative estimate of drug-likeness (QED) is 0.685. The molecule has 0 fully saturated rings. The fourth-order valence-electron chi connectivity index (χ4n) is 1.59. The van der Waals surface area contributed by atoms with Gasteiger partial charge in [0.25, 0.3) is 6.43 Å². The second-order valence-electron chi connectivity index (χ2n) is 3.75. The number of alkyl halides is 5. The molecule has 1 rings (SSSR count). The molecular weight excluding hydrogens is 287 g/mol. The van der Waals surface area contributed by atoms with Crippen molar-refractivity contribution in [3.63, 3.8) is 0 Å². The smallest absolute Gasteiger partial charge is 0.420 e. The van der Waals surface area contributed by atoms with E-state index < -0.39 is 47.6 Å². The number of hydrogen-bond acceptors (Lipinski definition) is 4. The van der Waals surface area contributed by atoms with Crippen molar-refractivity contribution in [1.82, 2.24) is 4.98 Å². The van der Waals surface area contributed by atoms with Gasteiger partial charge in [0, 0.05) is 0 Å². The van der Waals surface area contributed by atoms with Crippen LogP contribution in [0.5, 0.6) is 0 Å². The molecule has 0 aliphatic heterocycles. The Morgan fingerprint density at radius 1 is 1.45 bits per heavy atom. The van der Waals surface area contributed by atoms with E-state index in [0.29, 0.717) is 6.07 Å². The van der Waals surface area contributed by atoms with E-state index in [1.165, 1.54) is 6.92 Å². The van der Waals surface area contributed by atoms with Crippen LogP contribution in [0.4, 0.5) is 27.8 Å². The molecule has 4 nitrogen and oxygen atoms in total. The third-order valence-electron chi connectivity index (χ3n) is 2.30. The van der Waals surface area contributed by atoms with Gasteiger partial charge in [0.2, 0.25) is 0 Å². The average Bonchev–Trinajstić information content (AvgIpc) is 2.26. The van der Waals surface area contributed by atoms with E-state index in [2.05, 4.69) is 9.72 Å². The van der Waals surface area contributed by atoms with Crippen LogP contribution in [-0.4, -0.2) is 17.6 Å². The molecule has 1 aromatic rings. The average molecular weight is 298 g/mol. The molecule has 0 bridgehead atoms. The first-order chi connectivity index (χ1) is 9.16. The van der Waals surface area contributed by atoms with E-state index in [-0.39, 0.29) is 6.61 Å². The first-order valence-corrected chi connectivity index (χ1v) is 5.47. The summed E-state index contributed by atoms with van der Waals surface area (Å²) < 4.78 is 68.0. The number of pyridine rings is 1. The highest BCUT2D eigenvalue weighted by molar-refractivity contribution is 5.74. The lowest BCUT2D eigenvalue weighted by molar-refractivity contribution is -0.143. The minimum absolute atomic E-state index is 0.0392. The van der Waals surface area contributed by atoms with Gasteiger partial charge in [-0.2, -0.15) is 13.2 Å². The van der Waals surface area contributed by atoms with Gasteiger partial charge in [-0.15, -0.1) is 0 Å². The number of esters is 1. The van der Waals surface area contributed by atoms with Gasteiger partial charge in [-0.3, -0.25) is 4.79 Å². The largest absolute Gasteiger partial charge is 0.466 e. The SMILES string of the molecule is CCOC(=O)Cc1cc(C(F)F)nc(N)c1C(F)(F)F. The third kappa shape index (κ3) is 3.78. The third-order valence-corrected chi connectivity index (χ3v) is 2.30. The van der Waals surface area contributed by atoms with E-state index >= 15 is 0 Å². The van der Waals surface area contributed by atoms with Crippen LogP contribution in [0.25, 0.3) is 0 Å². The fraction of sp³-hybridized carbons (Fsp3) is 0.455. The number of ether oxygens (including phenoxy) is 1. The van der Waals surface area contributed by atoms with Crippen LogP contribution in [-0.2, 0) is 22.1 Å². The molecule has 0 aliphatic carbocycles. The maximum absolute atomic E-state index is 12.8. The molecule has 2 N–H and O–H groups in total. The van der Waals surface area contributed by atoms with Gasteiger partial charge in [-0.05, 0) is 18.6 Å². The zero-order valence-electron chi connectivity index (χ0n) is 10.3. The molecule has 1 heterocycles. The summed E-state index contributed by atoms with van der Waals surface area (Å²) in [6, 6.07) is 0.515. The highest BCUT2D eigenvalue weighted by Gasteiger charge is 2.38. The van der Waals surface area contributed by atoms with Crippen molar-refractivity contribution in [2.75, 3.05) is 12.3 Å². The maximum Gasteiger partial charge on any atom is 0.420 e. The molecular formula is C11H11F5N2O2. The van der Waals surface area contributed by atoms with Crippen LogP contribution in [0.2, 0.25) is 0 Å². The molecule has 0 unspecified atom stereocenters. The van der Waals surface area contributed by atoms with Gasteiger partial charge in [-0.1, -0.05) is 0 Å². The van der Waals surface area contributed by atoms with E-state index in [0.717, 1.165) is 0 Å². The predicted octanol–water partition coefficient (Wildman–Crippen LogP) is 2.73. The Balaban J connectivity index is 3.32. The van der Waals surface area contributed by atoms with Crippen molar-refractivity contribution < 1.29 is 31.5 Å². The van der Waals surface area contributed by atoms with Crippen LogP contribution in [0, 0.1) is 0 Å². The first kappa shape index (κ1) is 16.1. The Morgan fingerprint density at radius 3 is 2.50 bits per heavy atom. The summed E-state index contributed by atoms with van der Waals surface area (Å²) >= 11 is 0. The summed E-state index contributed by atoms with van der Waals surface area (Å²) in [6.07, 6.45) is -8.81. The summed E-state index contributed by atoms with van der Waals surface area (Å²) in [5, 5.41) is 0. The first-order valence-electron chi connectivity index (χ1n) is 5.47. The van der Waals surface area contributed by atoms with Crippen molar-refractivity contribution in [2.45, 2.75) is 25.9 Å². The van der Waals surface area contributed by atoms with Crippen LogP contribution >= 0.6 is 0 Å². The number of anilines is 1. The number of carbonyl (C=O) groups is 1. The van der Waals surface area contributed by atoms with Crippen LogP contribution < -0.4 is 5.73 Å². The van der Waals surface area contributed by atoms with Gasteiger partial charge < -0.3 is 10.5 Å². The van der Waals surface area contributed by atoms with Gasteiger partial charge >= 0.3 is 12.1 Å². The number of halogens is 5. The van der Waals surface area contributed by atoms with Crippen molar-refractivity contribution in [1.29, 1.82) is 0 Å². The maximum atomic E-state index is 12.8. The van der Waals surface area contributed by atoms with Crippen molar-refractivity contribution in [3.8, 4) is 0 Å². The number of rotatable bonds is 4. The molecule has 20 heavy (non-hydrogen) atoms. The minimum atomic E-state index is -4.90. The lowest BCUT2D eigenvalue weighted by Crippen LogP contribution is -2.18. The molecule has 0 saturated carbocycles. The van der Waals surface area contributed by atoms with Gasteiger partial charge in [-0.25, -0.2) is 13.8 Å². The predicted molar refractivity (Wildman–Crippen MR) is 58.9 cm³/mol. The van der Waals surface area contributed by atoms with Gasteiger partial charge in [0.15, 0.2) is 0 Å². The number of nitrogens with two attached hydrogens (primary N) is 1. The zero-order valence-corrected chi connectivity index (χ0v) is 10.3. The lowest BCUT2D eigenvalue weighted by atomic mass is 10.0. The highest BCUT2D eigenvalue weighted by atomic mass is 19.4. The molecule has 1 aromatic heterocycles. The van der Waals surface area contributed by atoms with Gasteiger partial charge in [0.05, 0.1) is 13.0 Å². The van der Waals surface area contributed by atoms with Crippen molar-refractivity contribution >= 4 is 11.8 Å². The fourth-order valence-corrected chi connectivity index (χ4v) is 1.59. The molecule has 0 radical (unpaired) electrons. The zero-order chi connectivity index (χ0) is 15.5. The topological polar surface area (TPSA) is 65.2 Å². The standard InChI is InChI=1S/C11H11F5N2O2/c1-2-20-7(19)4-5-3-6(9(12)13)18-10(17)8(5)11(14,15)16/h3,9H,2,4H2,1H3,(H2,17,18). The molecule has 0 aliphatic rings. The number of nitrogens with zero attached hydrogens (tertiary/aromatic N) is 1. The lowest BCUT2D eigenvalue weighted by Gasteiger charge is -2.15. The summed E-state index contributed by atoms with van der Waals surface area (Å²) in [5.74, 6) is -2.06. The van der Waals surface area contributed by atoms with Crippen molar-refractivity contribution in [2.24, 2.45) is 0 Å². The summed E-state index contributed by atoms with van der Waals surface area (Å²) in [6.45, 7) is 1.43. The number of nitrogen functional groups attached to an aromatic ring is 1. The second-order valence-corrected chi connectivity index (χ2v) is 3.75.